The highest BCUT2D eigenvalue weighted by Crippen LogP contribution is 2.39. The van der Waals surface area contributed by atoms with Gasteiger partial charge in [-0.15, -0.1) is 0 Å². The molecule has 1 unspecified atom stereocenters. The summed E-state index contributed by atoms with van der Waals surface area (Å²) in [5.74, 6) is 0.546. The van der Waals surface area contributed by atoms with Crippen molar-refractivity contribution in [2.45, 2.75) is 6.10 Å². The van der Waals surface area contributed by atoms with Gasteiger partial charge in [-0.1, -0.05) is 71.7 Å². The number of benzene rings is 3. The van der Waals surface area contributed by atoms with Crippen molar-refractivity contribution in [1.82, 2.24) is 0 Å². The lowest BCUT2D eigenvalue weighted by Crippen LogP contribution is -2.23. The lowest BCUT2D eigenvalue weighted by atomic mass is 9.89. The molecule has 0 saturated heterocycles. The summed E-state index contributed by atoms with van der Waals surface area (Å²) in [5, 5.41) is 0.923. The molecular formula is C22H14Cl2O2. The standard InChI is InChI=1S/C22H14Cl2O2/c23-18-11-10-14(13-19(18)24)12-17-21(25)16-8-4-5-9-20(16)26-22(17)15-6-2-1-3-7-15/h1-13,22H. The van der Waals surface area contributed by atoms with Gasteiger partial charge in [-0.3, -0.25) is 4.79 Å². The first-order valence-electron chi connectivity index (χ1n) is 8.15. The second-order valence-electron chi connectivity index (χ2n) is 6.01. The third-order valence-corrected chi connectivity index (χ3v) is 5.03. The van der Waals surface area contributed by atoms with Gasteiger partial charge < -0.3 is 4.74 Å². The van der Waals surface area contributed by atoms with E-state index in [2.05, 4.69) is 0 Å². The normalized spacial score (nSPS) is 17.7. The molecule has 0 saturated carbocycles. The van der Waals surface area contributed by atoms with E-state index in [-0.39, 0.29) is 5.78 Å². The quantitative estimate of drug-likeness (QED) is 0.481. The second-order valence-corrected chi connectivity index (χ2v) is 6.82. The van der Waals surface area contributed by atoms with Crippen LogP contribution in [-0.4, -0.2) is 5.78 Å². The number of ketones is 1. The highest BCUT2D eigenvalue weighted by molar-refractivity contribution is 6.42. The summed E-state index contributed by atoms with van der Waals surface area (Å²) in [6.45, 7) is 0. The van der Waals surface area contributed by atoms with E-state index in [1.165, 1.54) is 0 Å². The van der Waals surface area contributed by atoms with Crippen molar-refractivity contribution in [2.24, 2.45) is 0 Å². The van der Waals surface area contributed by atoms with Crippen LogP contribution < -0.4 is 4.74 Å². The minimum Gasteiger partial charge on any atom is -0.480 e. The number of halogens is 2. The lowest BCUT2D eigenvalue weighted by Gasteiger charge is -2.28. The Morgan fingerprint density at radius 3 is 2.35 bits per heavy atom. The number of hydrogen-bond donors (Lipinski definition) is 0. The Labute approximate surface area is 161 Å². The molecule has 0 spiro atoms. The van der Waals surface area contributed by atoms with Gasteiger partial charge in [-0.2, -0.15) is 0 Å². The van der Waals surface area contributed by atoms with Gasteiger partial charge in [0.1, 0.15) is 5.75 Å². The molecular weight excluding hydrogens is 367 g/mol. The molecule has 2 nitrogen and oxygen atoms in total. The largest absolute Gasteiger partial charge is 0.480 e. The van der Waals surface area contributed by atoms with Crippen LogP contribution in [0.3, 0.4) is 0 Å². The maximum absolute atomic E-state index is 13.1. The molecule has 128 valence electrons. The zero-order valence-electron chi connectivity index (χ0n) is 13.7. The molecule has 0 amide bonds. The molecule has 1 aliphatic rings. The van der Waals surface area contributed by atoms with E-state index in [0.717, 1.165) is 11.1 Å². The van der Waals surface area contributed by atoms with Crippen LogP contribution in [0.25, 0.3) is 6.08 Å². The molecule has 0 N–H and O–H groups in total. The number of carbonyl (C=O) groups is 1. The number of rotatable bonds is 2. The average molecular weight is 381 g/mol. The number of Topliss-reactive ketones (excluding diaryl/α,β-unsaturated/α-hetero) is 1. The summed E-state index contributed by atoms with van der Waals surface area (Å²) in [4.78, 5) is 13.1. The van der Waals surface area contributed by atoms with E-state index in [1.807, 2.05) is 60.7 Å². The van der Waals surface area contributed by atoms with E-state index >= 15 is 0 Å². The van der Waals surface area contributed by atoms with Crippen LogP contribution in [0.1, 0.15) is 27.6 Å². The zero-order valence-corrected chi connectivity index (χ0v) is 15.2. The molecule has 0 radical (unpaired) electrons. The van der Waals surface area contributed by atoms with Crippen LogP contribution >= 0.6 is 23.2 Å². The topological polar surface area (TPSA) is 26.3 Å². The first-order valence-corrected chi connectivity index (χ1v) is 8.91. The Morgan fingerprint density at radius 2 is 1.58 bits per heavy atom. The third-order valence-electron chi connectivity index (χ3n) is 4.29. The summed E-state index contributed by atoms with van der Waals surface area (Å²) < 4.78 is 6.18. The van der Waals surface area contributed by atoms with Crippen LogP contribution in [0, 0.1) is 0 Å². The van der Waals surface area contributed by atoms with Crippen LogP contribution in [0.15, 0.2) is 78.4 Å². The van der Waals surface area contributed by atoms with Crippen molar-refractivity contribution < 1.29 is 9.53 Å². The number of carbonyl (C=O) groups excluding carboxylic acids is 1. The highest BCUT2D eigenvalue weighted by atomic mass is 35.5. The molecule has 0 bridgehead atoms. The first-order chi connectivity index (χ1) is 12.6. The average Bonchev–Trinajstić information content (AvgIpc) is 2.67. The maximum atomic E-state index is 13.1. The van der Waals surface area contributed by atoms with Gasteiger partial charge in [0.25, 0.3) is 0 Å². The number of hydrogen-bond acceptors (Lipinski definition) is 2. The molecule has 0 aliphatic carbocycles. The van der Waals surface area contributed by atoms with Crippen LogP contribution in [0.5, 0.6) is 5.75 Å². The summed E-state index contributed by atoms with van der Waals surface area (Å²) in [5.41, 5.74) is 2.84. The molecule has 3 aromatic carbocycles. The Hall–Kier alpha value is -2.55. The Balaban J connectivity index is 1.86. The van der Waals surface area contributed by atoms with Crippen molar-refractivity contribution >= 4 is 35.1 Å². The zero-order chi connectivity index (χ0) is 18.1. The molecule has 1 aliphatic heterocycles. The Morgan fingerprint density at radius 1 is 0.846 bits per heavy atom. The predicted octanol–water partition coefficient (Wildman–Crippen LogP) is 6.39. The van der Waals surface area contributed by atoms with E-state index in [9.17, 15) is 4.79 Å². The number of para-hydroxylation sites is 1. The van der Waals surface area contributed by atoms with Crippen LogP contribution in [0.4, 0.5) is 0 Å². The van der Waals surface area contributed by atoms with Crippen LogP contribution in [-0.2, 0) is 0 Å². The molecule has 26 heavy (non-hydrogen) atoms. The molecule has 3 aromatic rings. The van der Waals surface area contributed by atoms with Gasteiger partial charge in [-0.25, -0.2) is 0 Å². The summed E-state index contributed by atoms with van der Waals surface area (Å²) in [7, 11) is 0. The molecule has 0 aromatic heterocycles. The van der Waals surface area contributed by atoms with Crippen molar-refractivity contribution in [3.8, 4) is 5.75 Å². The first kappa shape index (κ1) is 16.9. The van der Waals surface area contributed by atoms with Gasteiger partial charge in [0.2, 0.25) is 0 Å². The molecule has 4 heteroatoms. The minimum atomic E-state index is -0.479. The van der Waals surface area contributed by atoms with Crippen molar-refractivity contribution in [2.75, 3.05) is 0 Å². The Bertz CT molecular complexity index is 1010. The minimum absolute atomic E-state index is 0.0493. The van der Waals surface area contributed by atoms with E-state index in [1.54, 1.807) is 18.2 Å². The van der Waals surface area contributed by atoms with Crippen LogP contribution in [0.2, 0.25) is 10.0 Å². The van der Waals surface area contributed by atoms with E-state index < -0.39 is 6.10 Å². The molecule has 1 heterocycles. The molecule has 4 rings (SSSR count). The van der Waals surface area contributed by atoms with Crippen molar-refractivity contribution in [1.29, 1.82) is 0 Å². The fourth-order valence-corrected chi connectivity index (χ4v) is 3.33. The SMILES string of the molecule is O=C1C(=Cc2ccc(Cl)c(Cl)c2)C(c2ccccc2)Oc2ccccc21. The monoisotopic (exact) mass is 380 g/mol. The van der Waals surface area contributed by atoms with Gasteiger partial charge in [0.05, 0.1) is 15.6 Å². The highest BCUT2D eigenvalue weighted by Gasteiger charge is 2.32. The van der Waals surface area contributed by atoms with E-state index in [0.29, 0.717) is 26.9 Å². The summed E-state index contributed by atoms with van der Waals surface area (Å²) in [6, 6.07) is 22.3. The molecule has 1 atom stereocenters. The van der Waals surface area contributed by atoms with Gasteiger partial charge in [-0.05, 0) is 41.5 Å². The van der Waals surface area contributed by atoms with E-state index in [4.69, 9.17) is 27.9 Å². The van der Waals surface area contributed by atoms with Gasteiger partial charge in [0.15, 0.2) is 11.9 Å². The molecule has 0 fully saturated rings. The smallest absolute Gasteiger partial charge is 0.196 e. The fraction of sp³-hybridized carbons (Fsp3) is 0.0455. The predicted molar refractivity (Wildman–Crippen MR) is 105 cm³/mol. The van der Waals surface area contributed by atoms with Gasteiger partial charge in [0, 0.05) is 5.57 Å². The lowest BCUT2D eigenvalue weighted by molar-refractivity contribution is 0.0963. The number of fused-ring (bicyclic) bond motifs is 1. The van der Waals surface area contributed by atoms with Crippen molar-refractivity contribution in [3.63, 3.8) is 0 Å². The van der Waals surface area contributed by atoms with Gasteiger partial charge >= 0.3 is 0 Å². The second kappa shape index (κ2) is 6.99. The van der Waals surface area contributed by atoms with Crippen molar-refractivity contribution in [3.05, 3.63) is 105 Å². The fourth-order valence-electron chi connectivity index (χ4n) is 3.02. The Kier molecular flexibility index (Phi) is 4.54. The summed E-state index contributed by atoms with van der Waals surface area (Å²) in [6.07, 6.45) is 1.34. The maximum Gasteiger partial charge on any atom is 0.196 e. The summed E-state index contributed by atoms with van der Waals surface area (Å²) >= 11 is 12.1. The third kappa shape index (κ3) is 3.14. The number of ether oxygens (including phenoxy) is 1.